The van der Waals surface area contributed by atoms with E-state index in [9.17, 15) is 0 Å². The molecule has 4 rings (SSSR count). The fourth-order valence-corrected chi connectivity index (χ4v) is 4.14. The summed E-state index contributed by atoms with van der Waals surface area (Å²) in [5, 5.41) is 2.45. The number of fused-ring (bicyclic) bond motifs is 1. The second kappa shape index (κ2) is 7.28. The highest BCUT2D eigenvalue weighted by molar-refractivity contribution is 7.99. The van der Waals surface area contributed by atoms with Gasteiger partial charge in [0.2, 0.25) is 0 Å². The first-order valence-electron chi connectivity index (χ1n) is 8.47. The van der Waals surface area contributed by atoms with Crippen LogP contribution in [0.3, 0.4) is 0 Å². The lowest BCUT2D eigenvalue weighted by Crippen LogP contribution is -2.47. The molecule has 0 amide bonds. The lowest BCUT2D eigenvalue weighted by atomic mass is 10.2. The average Bonchev–Trinajstić information content (AvgIpc) is 3.12. The minimum atomic E-state index is 1.10. The van der Waals surface area contributed by atoms with Crippen molar-refractivity contribution in [2.24, 2.45) is 0 Å². The zero-order valence-electron chi connectivity index (χ0n) is 13.7. The third-order valence-electron chi connectivity index (χ3n) is 4.58. The molecule has 1 aliphatic rings. The smallest absolute Gasteiger partial charge is 0.0960 e. The van der Waals surface area contributed by atoms with Crippen molar-refractivity contribution in [3.05, 3.63) is 54.9 Å². The number of benzene rings is 1. The van der Waals surface area contributed by atoms with Crippen molar-refractivity contribution >= 4 is 28.4 Å². The maximum Gasteiger partial charge on any atom is 0.0960 e. The molecule has 1 aromatic carbocycles. The Balaban J connectivity index is 1.30. The van der Waals surface area contributed by atoms with Crippen LogP contribution < -0.4 is 4.90 Å². The summed E-state index contributed by atoms with van der Waals surface area (Å²) >= 11 is 1.84. The Bertz CT molecular complexity index is 778. The van der Waals surface area contributed by atoms with Crippen LogP contribution in [-0.4, -0.2) is 53.3 Å². The molecule has 3 aromatic rings. The average molecular weight is 338 g/mol. The lowest BCUT2D eigenvalue weighted by Gasteiger charge is -2.36. The molecule has 0 aliphatic carbocycles. The van der Waals surface area contributed by atoms with Gasteiger partial charge in [-0.2, -0.15) is 0 Å². The quantitative estimate of drug-likeness (QED) is 0.723. The highest BCUT2D eigenvalue weighted by Crippen LogP contribution is 2.27. The lowest BCUT2D eigenvalue weighted by molar-refractivity contribution is 0.273. The van der Waals surface area contributed by atoms with E-state index in [1.807, 2.05) is 30.2 Å². The van der Waals surface area contributed by atoms with Crippen LogP contribution >= 0.6 is 11.8 Å². The first-order valence-corrected chi connectivity index (χ1v) is 9.46. The number of piperazine rings is 1. The van der Waals surface area contributed by atoms with Crippen molar-refractivity contribution in [2.75, 3.05) is 43.4 Å². The maximum absolute atomic E-state index is 4.37. The molecule has 1 saturated heterocycles. The topological polar surface area (TPSA) is 35.2 Å². The number of hydrogen-bond donors (Lipinski definition) is 1. The van der Waals surface area contributed by atoms with E-state index in [1.165, 1.54) is 16.6 Å². The predicted molar refractivity (Wildman–Crippen MR) is 102 cm³/mol. The molecule has 0 atom stereocenters. The highest BCUT2D eigenvalue weighted by atomic mass is 32.2. The molecule has 0 saturated carbocycles. The number of thioether (sulfide) groups is 1. The van der Waals surface area contributed by atoms with E-state index in [0.29, 0.717) is 0 Å². The van der Waals surface area contributed by atoms with Crippen LogP contribution in [0.15, 0.2) is 59.9 Å². The van der Waals surface area contributed by atoms with Gasteiger partial charge in [-0.25, -0.2) is 4.98 Å². The number of rotatable bonds is 5. The van der Waals surface area contributed by atoms with E-state index in [4.69, 9.17) is 0 Å². The van der Waals surface area contributed by atoms with E-state index in [1.54, 1.807) is 0 Å². The minimum Gasteiger partial charge on any atom is -0.368 e. The zero-order valence-corrected chi connectivity index (χ0v) is 14.5. The fraction of sp³-hybridized carbons (Fsp3) is 0.316. The Morgan fingerprint density at radius 2 is 1.92 bits per heavy atom. The van der Waals surface area contributed by atoms with Crippen molar-refractivity contribution in [3.63, 3.8) is 0 Å². The first-order chi connectivity index (χ1) is 11.9. The van der Waals surface area contributed by atoms with Crippen molar-refractivity contribution < 1.29 is 0 Å². The highest BCUT2D eigenvalue weighted by Gasteiger charge is 2.18. The summed E-state index contributed by atoms with van der Waals surface area (Å²) in [4.78, 5) is 12.7. The van der Waals surface area contributed by atoms with Crippen LogP contribution in [-0.2, 0) is 0 Å². The summed E-state index contributed by atoms with van der Waals surface area (Å²) < 4.78 is 0. The van der Waals surface area contributed by atoms with Crippen LogP contribution in [0.4, 0.5) is 5.69 Å². The van der Waals surface area contributed by atoms with Gasteiger partial charge in [0, 0.05) is 67.5 Å². The van der Waals surface area contributed by atoms with E-state index in [0.717, 1.165) is 43.5 Å². The Labute approximate surface area is 146 Å². The van der Waals surface area contributed by atoms with Crippen molar-refractivity contribution in [1.29, 1.82) is 0 Å². The summed E-state index contributed by atoms with van der Waals surface area (Å²) in [6, 6.07) is 14.8. The molecule has 0 spiro atoms. The summed E-state index contributed by atoms with van der Waals surface area (Å²) in [6.45, 7) is 5.58. The number of pyridine rings is 1. The van der Waals surface area contributed by atoms with Crippen LogP contribution in [0.1, 0.15) is 0 Å². The number of H-pyrrole nitrogens is 1. The van der Waals surface area contributed by atoms with E-state index >= 15 is 0 Å². The van der Waals surface area contributed by atoms with Crippen molar-refractivity contribution in [1.82, 2.24) is 14.9 Å². The Morgan fingerprint density at radius 1 is 1.00 bits per heavy atom. The largest absolute Gasteiger partial charge is 0.368 e. The van der Waals surface area contributed by atoms with Crippen LogP contribution in [0, 0.1) is 0 Å². The van der Waals surface area contributed by atoms with Gasteiger partial charge in [0.25, 0.3) is 0 Å². The molecule has 5 heteroatoms. The van der Waals surface area contributed by atoms with Crippen LogP contribution in [0.25, 0.3) is 10.9 Å². The van der Waals surface area contributed by atoms with Gasteiger partial charge < -0.3 is 9.88 Å². The zero-order chi connectivity index (χ0) is 16.2. The Morgan fingerprint density at radius 3 is 2.75 bits per heavy atom. The van der Waals surface area contributed by atoms with E-state index < -0.39 is 0 Å². The normalized spacial score (nSPS) is 15.9. The third kappa shape index (κ3) is 3.42. The van der Waals surface area contributed by atoms with Crippen molar-refractivity contribution in [3.8, 4) is 0 Å². The van der Waals surface area contributed by atoms with Gasteiger partial charge in [-0.15, -0.1) is 11.8 Å². The van der Waals surface area contributed by atoms with Crippen LogP contribution in [0.2, 0.25) is 0 Å². The molecule has 0 radical (unpaired) electrons. The number of nitrogens with zero attached hydrogens (tertiary/aromatic N) is 3. The minimum absolute atomic E-state index is 1.10. The summed E-state index contributed by atoms with van der Waals surface area (Å²) in [7, 11) is 0. The number of aromatic amines is 1. The number of nitrogens with one attached hydrogen (secondary N) is 1. The molecule has 4 nitrogen and oxygen atoms in total. The first kappa shape index (κ1) is 15.5. The molecule has 3 heterocycles. The number of anilines is 1. The monoisotopic (exact) mass is 338 g/mol. The second-order valence-corrected chi connectivity index (χ2v) is 7.18. The van der Waals surface area contributed by atoms with Gasteiger partial charge in [-0.1, -0.05) is 12.1 Å². The maximum atomic E-state index is 4.37. The Kier molecular flexibility index (Phi) is 4.71. The second-order valence-electron chi connectivity index (χ2n) is 6.06. The van der Waals surface area contributed by atoms with Gasteiger partial charge in [0.1, 0.15) is 0 Å². The summed E-state index contributed by atoms with van der Waals surface area (Å²) in [5.74, 6) is 1.10. The molecular weight excluding hydrogens is 316 g/mol. The molecule has 1 N–H and O–H groups in total. The van der Waals surface area contributed by atoms with E-state index in [-0.39, 0.29) is 0 Å². The van der Waals surface area contributed by atoms with Gasteiger partial charge in [-0.05, 0) is 30.3 Å². The fourth-order valence-electron chi connectivity index (χ4n) is 3.27. The van der Waals surface area contributed by atoms with E-state index in [2.05, 4.69) is 56.2 Å². The third-order valence-corrected chi connectivity index (χ3v) is 5.50. The molecule has 0 unspecified atom stereocenters. The molecular formula is C19H22N4S. The van der Waals surface area contributed by atoms with Gasteiger partial charge in [0.05, 0.1) is 5.03 Å². The Hall–Kier alpha value is -1.98. The van der Waals surface area contributed by atoms with Gasteiger partial charge in [0.15, 0.2) is 0 Å². The summed E-state index contributed by atoms with van der Waals surface area (Å²) in [6.07, 6.45) is 3.89. The SMILES string of the molecule is c1ccc(SCCN2CCN(c3cccc4[nH]ccc34)CC2)nc1. The molecule has 1 aliphatic heterocycles. The molecule has 24 heavy (non-hydrogen) atoms. The van der Waals surface area contributed by atoms with Crippen LogP contribution in [0.5, 0.6) is 0 Å². The standard InChI is InChI=1S/C19H22N4S/c1-2-8-21-19(6-1)24-15-14-22-10-12-23(13-11-22)18-5-3-4-17-16(18)7-9-20-17/h1-9,20H,10-15H2. The molecule has 2 aromatic heterocycles. The van der Waals surface area contributed by atoms with Gasteiger partial charge >= 0.3 is 0 Å². The van der Waals surface area contributed by atoms with Crippen molar-refractivity contribution in [2.45, 2.75) is 5.03 Å². The van der Waals surface area contributed by atoms with Gasteiger partial charge in [-0.3, -0.25) is 4.90 Å². The predicted octanol–water partition coefficient (Wildman–Crippen LogP) is 3.48. The number of hydrogen-bond acceptors (Lipinski definition) is 4. The molecule has 124 valence electrons. The summed E-state index contributed by atoms with van der Waals surface area (Å²) in [5.41, 5.74) is 2.58. The molecule has 1 fully saturated rings. The number of aromatic nitrogens is 2. The molecule has 0 bridgehead atoms.